The molecular weight excluding hydrogens is 264 g/mol. The van der Waals surface area contributed by atoms with Crippen molar-refractivity contribution >= 4 is 5.91 Å². The minimum atomic E-state index is 0.307. The zero-order chi connectivity index (χ0) is 14.2. The zero-order valence-electron chi connectivity index (χ0n) is 12.5. The van der Waals surface area contributed by atoms with Gasteiger partial charge in [-0.2, -0.15) is 15.0 Å². The van der Waals surface area contributed by atoms with Crippen molar-refractivity contribution in [3.8, 4) is 0 Å². The smallest absolute Gasteiger partial charge is 0.226 e. The van der Waals surface area contributed by atoms with Gasteiger partial charge in [-0.05, 0) is 38.5 Å². The van der Waals surface area contributed by atoms with E-state index in [2.05, 4.69) is 15.1 Å². The Hall–Kier alpha value is -1.39. The van der Waals surface area contributed by atoms with Gasteiger partial charge in [-0.25, -0.2) is 0 Å². The third kappa shape index (κ3) is 2.36. The average molecular weight is 288 g/mol. The summed E-state index contributed by atoms with van der Waals surface area (Å²) < 4.78 is 0. The number of nitrogens with zero attached hydrogens (tertiary/aromatic N) is 4. The summed E-state index contributed by atoms with van der Waals surface area (Å²) in [7, 11) is 0. The van der Waals surface area contributed by atoms with E-state index in [0.717, 1.165) is 25.7 Å². The quantitative estimate of drug-likeness (QED) is 0.840. The zero-order valence-corrected chi connectivity index (χ0v) is 12.5. The van der Waals surface area contributed by atoms with Crippen LogP contribution in [0.5, 0.6) is 0 Å². The average Bonchev–Trinajstić information content (AvgIpc) is 3.14. The molecule has 2 atom stereocenters. The predicted molar refractivity (Wildman–Crippen MR) is 78.5 cm³/mol. The van der Waals surface area contributed by atoms with Crippen LogP contribution in [0, 0.1) is 5.92 Å². The second-order valence-corrected chi connectivity index (χ2v) is 6.94. The summed E-state index contributed by atoms with van der Waals surface area (Å²) in [6, 6.07) is 1.23. The number of fused-ring (bicyclic) bond motifs is 2. The number of rotatable bonds is 2. The summed E-state index contributed by atoms with van der Waals surface area (Å²) in [5.41, 5.74) is 0. The maximum atomic E-state index is 12.9. The molecule has 2 aliphatic heterocycles. The number of aromatic nitrogens is 3. The van der Waals surface area contributed by atoms with E-state index < -0.39 is 0 Å². The predicted octanol–water partition coefficient (Wildman–Crippen LogP) is 2.55. The highest BCUT2D eigenvalue weighted by Crippen LogP contribution is 2.42. The van der Waals surface area contributed by atoms with Crippen molar-refractivity contribution in [2.75, 3.05) is 0 Å². The van der Waals surface area contributed by atoms with E-state index in [1.54, 1.807) is 12.4 Å². The Morgan fingerprint density at radius 1 is 0.857 bits per heavy atom. The molecular formula is C16H24N4O. The van der Waals surface area contributed by atoms with Crippen molar-refractivity contribution in [1.82, 2.24) is 19.9 Å². The molecule has 1 aliphatic carbocycles. The van der Waals surface area contributed by atoms with Crippen LogP contribution < -0.4 is 0 Å². The molecule has 0 radical (unpaired) electrons. The molecule has 2 unspecified atom stereocenters. The standard InChI is InChI=1S/C16H24N4O/c21-16(12-4-2-1-3-5-12)19-13-6-7-14(19)11-15(10-13)20-17-8-9-18-20/h8-9,12-15H,1-7,10-11H2. The maximum Gasteiger partial charge on any atom is 0.226 e. The van der Waals surface area contributed by atoms with Crippen molar-refractivity contribution in [2.24, 2.45) is 5.92 Å². The van der Waals surface area contributed by atoms with Gasteiger partial charge in [0.25, 0.3) is 0 Å². The van der Waals surface area contributed by atoms with Crippen LogP contribution in [0.4, 0.5) is 0 Å². The fraction of sp³-hybridized carbons (Fsp3) is 0.812. The molecule has 0 N–H and O–H groups in total. The highest BCUT2D eigenvalue weighted by molar-refractivity contribution is 5.80. The van der Waals surface area contributed by atoms with Crippen LogP contribution in [-0.4, -0.2) is 37.9 Å². The molecule has 0 aromatic carbocycles. The number of hydrogen-bond acceptors (Lipinski definition) is 3. The molecule has 5 heteroatoms. The van der Waals surface area contributed by atoms with Crippen molar-refractivity contribution in [3.05, 3.63) is 12.4 Å². The lowest BCUT2D eigenvalue weighted by Crippen LogP contribution is -2.49. The summed E-state index contributed by atoms with van der Waals surface area (Å²) in [6.07, 6.45) is 13.9. The molecule has 21 heavy (non-hydrogen) atoms. The fourth-order valence-corrected chi connectivity index (χ4v) is 4.67. The molecule has 3 heterocycles. The first-order chi connectivity index (χ1) is 10.3. The Kier molecular flexibility index (Phi) is 3.43. The lowest BCUT2D eigenvalue weighted by molar-refractivity contribution is -0.141. The van der Waals surface area contributed by atoms with E-state index in [-0.39, 0.29) is 0 Å². The van der Waals surface area contributed by atoms with Crippen molar-refractivity contribution in [2.45, 2.75) is 75.9 Å². The van der Waals surface area contributed by atoms with E-state index in [9.17, 15) is 4.79 Å². The molecule has 3 fully saturated rings. The van der Waals surface area contributed by atoms with Crippen LogP contribution in [-0.2, 0) is 4.79 Å². The largest absolute Gasteiger partial charge is 0.336 e. The van der Waals surface area contributed by atoms with Crippen molar-refractivity contribution in [3.63, 3.8) is 0 Å². The van der Waals surface area contributed by atoms with E-state index in [4.69, 9.17) is 0 Å². The first kappa shape index (κ1) is 13.3. The summed E-state index contributed by atoms with van der Waals surface area (Å²) in [5, 5.41) is 8.60. The topological polar surface area (TPSA) is 51.0 Å². The second-order valence-electron chi connectivity index (χ2n) is 6.94. The normalized spacial score (nSPS) is 33.3. The van der Waals surface area contributed by atoms with Crippen LogP contribution in [0.25, 0.3) is 0 Å². The SMILES string of the molecule is O=C(C1CCCCC1)N1C2CCC1CC(n1nccn1)C2. The minimum Gasteiger partial charge on any atom is -0.336 e. The van der Waals surface area contributed by atoms with Crippen LogP contribution in [0.1, 0.15) is 63.8 Å². The third-order valence-corrected chi connectivity index (χ3v) is 5.68. The van der Waals surface area contributed by atoms with Crippen molar-refractivity contribution < 1.29 is 4.79 Å². The summed E-state index contributed by atoms with van der Waals surface area (Å²) in [6.45, 7) is 0. The third-order valence-electron chi connectivity index (χ3n) is 5.68. The highest BCUT2D eigenvalue weighted by atomic mass is 16.2. The first-order valence-electron chi connectivity index (χ1n) is 8.51. The van der Waals surface area contributed by atoms with Crippen LogP contribution in [0.3, 0.4) is 0 Å². The summed E-state index contributed by atoms with van der Waals surface area (Å²) in [4.78, 5) is 17.0. The van der Waals surface area contributed by atoms with Gasteiger partial charge in [0.15, 0.2) is 0 Å². The Labute approximate surface area is 125 Å². The lowest BCUT2D eigenvalue weighted by Gasteiger charge is -2.40. The molecule has 5 nitrogen and oxygen atoms in total. The molecule has 1 saturated carbocycles. The van der Waals surface area contributed by atoms with Gasteiger partial charge >= 0.3 is 0 Å². The van der Waals surface area contributed by atoms with Gasteiger partial charge in [0.2, 0.25) is 5.91 Å². The van der Waals surface area contributed by atoms with E-state index in [1.807, 2.05) is 4.80 Å². The molecule has 3 aliphatic rings. The first-order valence-corrected chi connectivity index (χ1v) is 8.51. The Morgan fingerprint density at radius 2 is 1.48 bits per heavy atom. The molecule has 2 saturated heterocycles. The van der Waals surface area contributed by atoms with Crippen LogP contribution in [0.15, 0.2) is 12.4 Å². The molecule has 1 aromatic rings. The van der Waals surface area contributed by atoms with Crippen LogP contribution >= 0.6 is 0 Å². The van der Waals surface area contributed by atoms with Gasteiger partial charge in [-0.1, -0.05) is 19.3 Å². The number of carbonyl (C=O) groups excluding carboxylic acids is 1. The minimum absolute atomic E-state index is 0.307. The molecule has 4 rings (SSSR count). The van der Waals surface area contributed by atoms with Gasteiger partial charge in [-0.15, -0.1) is 0 Å². The summed E-state index contributed by atoms with van der Waals surface area (Å²) in [5.74, 6) is 0.760. The monoisotopic (exact) mass is 288 g/mol. The Balaban J connectivity index is 1.47. The van der Waals surface area contributed by atoms with Gasteiger partial charge in [0.1, 0.15) is 0 Å². The molecule has 2 bridgehead atoms. The molecule has 0 spiro atoms. The Bertz CT molecular complexity index is 480. The van der Waals surface area contributed by atoms with Gasteiger partial charge < -0.3 is 4.90 Å². The van der Waals surface area contributed by atoms with Gasteiger partial charge in [0.05, 0.1) is 18.4 Å². The molecule has 1 aromatic heterocycles. The van der Waals surface area contributed by atoms with Crippen LogP contribution in [0.2, 0.25) is 0 Å². The van der Waals surface area contributed by atoms with Gasteiger partial charge in [-0.3, -0.25) is 4.79 Å². The lowest BCUT2D eigenvalue weighted by atomic mass is 9.86. The molecule has 114 valence electrons. The number of carbonyl (C=O) groups is 1. The number of amides is 1. The van der Waals surface area contributed by atoms with E-state index in [1.165, 1.54) is 32.1 Å². The molecule has 1 amide bonds. The van der Waals surface area contributed by atoms with E-state index in [0.29, 0.717) is 30.0 Å². The fourth-order valence-electron chi connectivity index (χ4n) is 4.67. The number of hydrogen-bond donors (Lipinski definition) is 0. The van der Waals surface area contributed by atoms with E-state index >= 15 is 0 Å². The second kappa shape index (κ2) is 5.43. The van der Waals surface area contributed by atoms with Crippen molar-refractivity contribution in [1.29, 1.82) is 0 Å². The number of piperidine rings is 1. The maximum absolute atomic E-state index is 12.9. The highest BCUT2D eigenvalue weighted by Gasteiger charge is 2.45. The summed E-state index contributed by atoms with van der Waals surface area (Å²) >= 11 is 0. The Morgan fingerprint density at radius 3 is 2.10 bits per heavy atom. The van der Waals surface area contributed by atoms with Gasteiger partial charge in [0, 0.05) is 18.0 Å².